The monoisotopic (exact) mass is 301 g/mol. The number of amides is 1. The van der Waals surface area contributed by atoms with Crippen molar-refractivity contribution in [1.82, 2.24) is 9.55 Å². The summed E-state index contributed by atoms with van der Waals surface area (Å²) < 4.78 is 5.77. The van der Waals surface area contributed by atoms with Gasteiger partial charge in [-0.25, -0.2) is 4.79 Å². The van der Waals surface area contributed by atoms with E-state index in [0.29, 0.717) is 4.57 Å². The van der Waals surface area contributed by atoms with Crippen molar-refractivity contribution in [2.75, 3.05) is 6.61 Å². The molecule has 1 aliphatic heterocycles. The molecule has 0 radical (unpaired) electrons. The van der Waals surface area contributed by atoms with Crippen LogP contribution in [0.2, 0.25) is 0 Å². The molecule has 1 saturated heterocycles. The first-order valence-corrected chi connectivity index (χ1v) is 6.03. The first kappa shape index (κ1) is 15.4. The zero-order valence-corrected chi connectivity index (χ0v) is 11.0. The summed E-state index contributed by atoms with van der Waals surface area (Å²) in [5, 5.41) is 29.0. The summed E-state index contributed by atoms with van der Waals surface area (Å²) in [4.78, 5) is 37.0. The summed E-state index contributed by atoms with van der Waals surface area (Å²) in [5.74, 6) is -1.25. The summed E-state index contributed by atoms with van der Waals surface area (Å²) in [5.41, 5.74) is 1.14. The smallest absolute Gasteiger partial charge is 0.331 e. The van der Waals surface area contributed by atoms with Gasteiger partial charge in [0.2, 0.25) is 0 Å². The Bertz CT molecular complexity index is 681. The number of nitrogens with one attached hydrogen (secondary N) is 1. The molecular weight excluding hydrogens is 286 g/mol. The molecule has 1 amide bonds. The van der Waals surface area contributed by atoms with Crippen molar-refractivity contribution in [3.05, 3.63) is 32.6 Å². The minimum atomic E-state index is -2.42. The molecule has 21 heavy (non-hydrogen) atoms. The quantitative estimate of drug-likeness (QED) is 0.380. The zero-order valence-electron chi connectivity index (χ0n) is 11.0. The molecule has 4 atom stereocenters. The largest absolute Gasteiger partial charge is 0.394 e. The molecule has 0 bridgehead atoms. The van der Waals surface area contributed by atoms with E-state index in [1.807, 2.05) is 4.98 Å². The molecule has 2 heterocycles. The van der Waals surface area contributed by atoms with Crippen molar-refractivity contribution in [2.45, 2.75) is 31.0 Å². The standard InChI is InChI=1S/C11H15N3O7/c1-4-2-14(10(20)13-8(4)18)11(9(12)19)7(17)6(16)5(3-15)21-11/h2,5-7,15-17H,3H2,1H3,(H2,12,19)(H,13,18,20)/t5-,6-,7-,11+/m1/s1. The van der Waals surface area contributed by atoms with Gasteiger partial charge in [-0.1, -0.05) is 0 Å². The zero-order chi connectivity index (χ0) is 15.9. The molecule has 0 saturated carbocycles. The fraction of sp³-hybridized carbons (Fsp3) is 0.545. The molecule has 6 N–H and O–H groups in total. The number of hydrogen-bond acceptors (Lipinski definition) is 7. The molecular formula is C11H15N3O7. The van der Waals surface area contributed by atoms with Crippen LogP contribution in [0.15, 0.2) is 15.8 Å². The number of carbonyl (C=O) groups is 1. The summed E-state index contributed by atoms with van der Waals surface area (Å²) in [7, 11) is 0. The summed E-state index contributed by atoms with van der Waals surface area (Å²) in [6.45, 7) is 0.662. The van der Waals surface area contributed by atoms with Crippen LogP contribution in [0.1, 0.15) is 5.56 Å². The van der Waals surface area contributed by atoms with Gasteiger partial charge in [-0.2, -0.15) is 0 Å². The fourth-order valence-electron chi connectivity index (χ4n) is 2.29. The van der Waals surface area contributed by atoms with E-state index in [4.69, 9.17) is 15.6 Å². The SMILES string of the molecule is Cc1cn([C@]2(C(N)=O)O[C@H](CO)[C@@H](O)[C@H]2O)c(=O)[nH]c1=O. The maximum absolute atomic E-state index is 11.9. The van der Waals surface area contributed by atoms with Crippen molar-refractivity contribution in [1.29, 1.82) is 0 Å². The highest BCUT2D eigenvalue weighted by Gasteiger charge is 2.60. The third-order valence-corrected chi connectivity index (χ3v) is 3.45. The highest BCUT2D eigenvalue weighted by atomic mass is 16.6. The molecule has 2 rings (SSSR count). The van der Waals surface area contributed by atoms with Crippen LogP contribution in [0.25, 0.3) is 0 Å². The van der Waals surface area contributed by atoms with Crippen LogP contribution in [-0.2, 0) is 15.3 Å². The number of rotatable bonds is 3. The third-order valence-electron chi connectivity index (χ3n) is 3.45. The first-order valence-electron chi connectivity index (χ1n) is 6.03. The molecule has 0 aliphatic carbocycles. The van der Waals surface area contributed by atoms with Gasteiger partial charge < -0.3 is 25.8 Å². The molecule has 0 aromatic carbocycles. The van der Waals surface area contributed by atoms with Gasteiger partial charge >= 0.3 is 5.69 Å². The van der Waals surface area contributed by atoms with E-state index in [1.165, 1.54) is 6.92 Å². The molecule has 1 aromatic heterocycles. The van der Waals surface area contributed by atoms with Gasteiger partial charge in [0.25, 0.3) is 17.2 Å². The van der Waals surface area contributed by atoms with Crippen LogP contribution in [0.3, 0.4) is 0 Å². The maximum atomic E-state index is 11.9. The fourth-order valence-corrected chi connectivity index (χ4v) is 2.29. The number of nitrogens with zero attached hydrogens (tertiary/aromatic N) is 1. The van der Waals surface area contributed by atoms with E-state index in [2.05, 4.69) is 0 Å². The van der Waals surface area contributed by atoms with Crippen LogP contribution in [0, 0.1) is 6.92 Å². The Morgan fingerprint density at radius 2 is 2.14 bits per heavy atom. The van der Waals surface area contributed by atoms with Gasteiger partial charge in [0.05, 0.1) is 6.61 Å². The number of aliphatic hydroxyl groups excluding tert-OH is 3. The Balaban J connectivity index is 2.71. The number of aliphatic hydroxyl groups is 3. The van der Waals surface area contributed by atoms with E-state index >= 15 is 0 Å². The second-order valence-electron chi connectivity index (χ2n) is 4.78. The Labute approximate surface area is 117 Å². The lowest BCUT2D eigenvalue weighted by Crippen LogP contribution is -2.59. The van der Waals surface area contributed by atoms with E-state index in [-0.39, 0.29) is 5.56 Å². The van der Waals surface area contributed by atoms with Gasteiger partial charge in [0, 0.05) is 11.8 Å². The van der Waals surface area contributed by atoms with Gasteiger partial charge in [-0.05, 0) is 6.92 Å². The minimum absolute atomic E-state index is 0.0629. The number of carbonyl (C=O) groups excluding carboxylic acids is 1. The second kappa shape index (κ2) is 5.07. The van der Waals surface area contributed by atoms with Gasteiger partial charge in [0.15, 0.2) is 0 Å². The predicted molar refractivity (Wildman–Crippen MR) is 67.2 cm³/mol. The van der Waals surface area contributed by atoms with Crippen LogP contribution < -0.4 is 17.0 Å². The molecule has 1 aromatic rings. The Kier molecular flexibility index (Phi) is 3.72. The van der Waals surface area contributed by atoms with Gasteiger partial charge in [0.1, 0.15) is 18.3 Å². The summed E-state index contributed by atoms with van der Waals surface area (Å²) in [6.07, 6.45) is -3.86. The number of primary amides is 1. The second-order valence-corrected chi connectivity index (χ2v) is 4.78. The van der Waals surface area contributed by atoms with Crippen molar-refractivity contribution < 1.29 is 24.9 Å². The lowest BCUT2D eigenvalue weighted by atomic mass is 10.0. The number of hydrogen-bond donors (Lipinski definition) is 5. The molecule has 1 aliphatic rings. The average molecular weight is 301 g/mol. The summed E-state index contributed by atoms with van der Waals surface area (Å²) in [6, 6.07) is 0. The molecule has 116 valence electrons. The molecule has 10 heteroatoms. The highest BCUT2D eigenvalue weighted by molar-refractivity contribution is 5.82. The number of H-pyrrole nitrogens is 1. The van der Waals surface area contributed by atoms with Gasteiger partial charge in [-0.15, -0.1) is 0 Å². The predicted octanol–water partition coefficient (Wildman–Crippen LogP) is -3.90. The van der Waals surface area contributed by atoms with Crippen molar-refractivity contribution in [2.24, 2.45) is 5.73 Å². The van der Waals surface area contributed by atoms with E-state index in [0.717, 1.165) is 6.20 Å². The molecule has 0 unspecified atom stereocenters. The molecule has 10 nitrogen and oxygen atoms in total. The van der Waals surface area contributed by atoms with E-state index < -0.39 is 47.8 Å². The van der Waals surface area contributed by atoms with Crippen LogP contribution in [-0.4, -0.2) is 55.7 Å². The Hall–Kier alpha value is -2.01. The number of ether oxygens (including phenoxy) is 1. The lowest BCUT2D eigenvalue weighted by molar-refractivity contribution is -0.175. The highest BCUT2D eigenvalue weighted by Crippen LogP contribution is 2.34. The first-order chi connectivity index (χ1) is 9.75. The minimum Gasteiger partial charge on any atom is -0.394 e. The average Bonchev–Trinajstić information content (AvgIpc) is 2.68. The van der Waals surface area contributed by atoms with Gasteiger partial charge in [-0.3, -0.25) is 19.1 Å². The normalized spacial score (nSPS) is 32.3. The van der Waals surface area contributed by atoms with Crippen molar-refractivity contribution in [3.8, 4) is 0 Å². The van der Waals surface area contributed by atoms with Crippen molar-refractivity contribution in [3.63, 3.8) is 0 Å². The maximum Gasteiger partial charge on any atom is 0.331 e. The topological polar surface area (TPSA) is 168 Å². The molecule has 1 fully saturated rings. The van der Waals surface area contributed by atoms with Crippen LogP contribution in [0.5, 0.6) is 0 Å². The number of aryl methyl sites for hydroxylation is 1. The van der Waals surface area contributed by atoms with Crippen LogP contribution >= 0.6 is 0 Å². The van der Waals surface area contributed by atoms with E-state index in [9.17, 15) is 24.6 Å². The molecule has 0 spiro atoms. The lowest BCUT2D eigenvalue weighted by Gasteiger charge is -2.30. The van der Waals surface area contributed by atoms with Crippen LogP contribution in [0.4, 0.5) is 0 Å². The summed E-state index contributed by atoms with van der Waals surface area (Å²) >= 11 is 0. The third kappa shape index (κ3) is 2.08. The van der Waals surface area contributed by atoms with E-state index in [1.54, 1.807) is 0 Å². The Morgan fingerprint density at radius 3 is 2.62 bits per heavy atom. The number of aromatic nitrogens is 2. The number of nitrogens with two attached hydrogens (primary N) is 1. The number of aromatic amines is 1. The van der Waals surface area contributed by atoms with Crippen molar-refractivity contribution >= 4 is 5.91 Å². The Morgan fingerprint density at radius 1 is 1.52 bits per heavy atom.